The predicted octanol–water partition coefficient (Wildman–Crippen LogP) is 2.26. The van der Waals surface area contributed by atoms with Crippen LogP contribution in [0.25, 0.3) is 0 Å². The Balaban J connectivity index is 2.25. The average Bonchev–Trinajstić information content (AvgIpc) is 2.30. The fourth-order valence-corrected chi connectivity index (χ4v) is 2.29. The summed E-state index contributed by atoms with van der Waals surface area (Å²) in [6.45, 7) is 1.90. The molecule has 0 fully saturated rings. The molecular formula is C12H15BrO3S. The van der Waals surface area contributed by atoms with Crippen LogP contribution in [0.15, 0.2) is 30.3 Å². The molecule has 3 nitrogen and oxygen atoms in total. The van der Waals surface area contributed by atoms with Crippen LogP contribution in [0.4, 0.5) is 0 Å². The first-order chi connectivity index (χ1) is 8.09. The van der Waals surface area contributed by atoms with Crippen molar-refractivity contribution < 1.29 is 13.7 Å². The summed E-state index contributed by atoms with van der Waals surface area (Å²) in [6.07, 6.45) is 0. The largest absolute Gasteiger partial charge is 0.464 e. The average molecular weight is 319 g/mol. The van der Waals surface area contributed by atoms with Crippen LogP contribution in [0.2, 0.25) is 0 Å². The Morgan fingerprint density at radius 3 is 2.65 bits per heavy atom. The van der Waals surface area contributed by atoms with E-state index >= 15 is 0 Å². The zero-order valence-electron chi connectivity index (χ0n) is 9.60. The van der Waals surface area contributed by atoms with Crippen molar-refractivity contribution in [1.82, 2.24) is 0 Å². The van der Waals surface area contributed by atoms with Crippen LogP contribution in [0, 0.1) is 0 Å². The van der Waals surface area contributed by atoms with Gasteiger partial charge in [0.05, 0.1) is 5.75 Å². The van der Waals surface area contributed by atoms with Crippen molar-refractivity contribution in [3.8, 4) is 0 Å². The smallest absolute Gasteiger partial charge is 0.319 e. The van der Waals surface area contributed by atoms with Gasteiger partial charge in [-0.05, 0) is 12.5 Å². The van der Waals surface area contributed by atoms with Crippen molar-refractivity contribution in [2.45, 2.75) is 17.5 Å². The van der Waals surface area contributed by atoms with E-state index in [0.29, 0.717) is 11.5 Å². The number of carbonyl (C=O) groups is 1. The highest BCUT2D eigenvalue weighted by Crippen LogP contribution is 2.04. The first-order valence-electron chi connectivity index (χ1n) is 5.29. The molecule has 5 heteroatoms. The number of esters is 1. The monoisotopic (exact) mass is 318 g/mol. The van der Waals surface area contributed by atoms with E-state index in [-0.39, 0.29) is 17.4 Å². The maximum absolute atomic E-state index is 11.7. The van der Waals surface area contributed by atoms with Gasteiger partial charge in [0.2, 0.25) is 0 Å². The molecule has 1 aromatic rings. The molecule has 2 unspecified atom stereocenters. The van der Waals surface area contributed by atoms with Gasteiger partial charge in [0.15, 0.2) is 0 Å². The Kier molecular flexibility index (Phi) is 6.44. The summed E-state index contributed by atoms with van der Waals surface area (Å²) in [4.78, 5) is 10.8. The first kappa shape index (κ1) is 14.4. The Bertz CT molecular complexity index is 379. The molecule has 0 aromatic heterocycles. The molecule has 0 bridgehead atoms. The maximum atomic E-state index is 11.7. The second-order valence-corrected chi connectivity index (χ2v) is 6.51. The summed E-state index contributed by atoms with van der Waals surface area (Å²) >= 11 is 3.11. The molecule has 0 saturated heterocycles. The number of ether oxygens (including phenoxy) is 1. The van der Waals surface area contributed by atoms with E-state index in [1.54, 1.807) is 6.92 Å². The lowest BCUT2D eigenvalue weighted by atomic mass is 10.2. The Labute approximate surface area is 112 Å². The van der Waals surface area contributed by atoms with E-state index in [9.17, 15) is 9.00 Å². The molecule has 0 N–H and O–H groups in total. The number of hydrogen-bond donors (Lipinski definition) is 0. The topological polar surface area (TPSA) is 43.4 Å². The summed E-state index contributed by atoms with van der Waals surface area (Å²) in [5, 5.41) is 0. The molecule has 0 amide bonds. The molecule has 0 aliphatic rings. The zero-order chi connectivity index (χ0) is 12.7. The number of halogens is 1. The second kappa shape index (κ2) is 7.61. The first-order valence-corrected chi connectivity index (χ1v) is 7.69. The standard InChI is InChI=1S/C12H15BrO3S/c1-10(13)12(14)16-7-8-17(15)9-11-5-3-2-4-6-11/h2-6,10H,7-9H2,1H3. The summed E-state index contributed by atoms with van der Waals surface area (Å²) < 4.78 is 16.6. The van der Waals surface area contributed by atoms with Gasteiger partial charge in [0.25, 0.3) is 0 Å². The number of alkyl halides is 1. The predicted molar refractivity (Wildman–Crippen MR) is 72.5 cm³/mol. The van der Waals surface area contributed by atoms with Crippen molar-refractivity contribution >= 4 is 32.7 Å². The fraction of sp³-hybridized carbons (Fsp3) is 0.417. The minimum absolute atomic E-state index is 0.203. The molecule has 0 radical (unpaired) electrons. The fourth-order valence-electron chi connectivity index (χ4n) is 1.18. The molecule has 0 spiro atoms. The molecule has 17 heavy (non-hydrogen) atoms. The van der Waals surface area contributed by atoms with Gasteiger partial charge in [-0.15, -0.1) is 0 Å². The molecule has 0 aliphatic heterocycles. The van der Waals surface area contributed by atoms with Crippen LogP contribution in [-0.2, 0) is 26.1 Å². The van der Waals surface area contributed by atoms with Crippen molar-refractivity contribution in [3.05, 3.63) is 35.9 Å². The third-order valence-corrected chi connectivity index (χ3v) is 3.70. The Hall–Kier alpha value is -0.680. The van der Waals surface area contributed by atoms with Crippen molar-refractivity contribution in [2.24, 2.45) is 0 Å². The van der Waals surface area contributed by atoms with Crippen LogP contribution in [0.1, 0.15) is 12.5 Å². The van der Waals surface area contributed by atoms with E-state index in [1.807, 2.05) is 30.3 Å². The van der Waals surface area contributed by atoms with E-state index < -0.39 is 10.8 Å². The summed E-state index contributed by atoms with van der Waals surface area (Å²) in [5.74, 6) is 0.560. The van der Waals surface area contributed by atoms with Gasteiger partial charge in [0.1, 0.15) is 11.4 Å². The molecule has 2 atom stereocenters. The van der Waals surface area contributed by atoms with Gasteiger partial charge < -0.3 is 4.74 Å². The van der Waals surface area contributed by atoms with Gasteiger partial charge in [0, 0.05) is 16.6 Å². The summed E-state index contributed by atoms with van der Waals surface area (Å²) in [7, 11) is -0.993. The Morgan fingerprint density at radius 1 is 1.41 bits per heavy atom. The van der Waals surface area contributed by atoms with Gasteiger partial charge >= 0.3 is 5.97 Å². The minimum atomic E-state index is -0.993. The van der Waals surface area contributed by atoms with Crippen LogP contribution in [-0.4, -0.2) is 27.4 Å². The molecule has 94 valence electrons. The zero-order valence-corrected chi connectivity index (χ0v) is 12.0. The highest BCUT2D eigenvalue weighted by Gasteiger charge is 2.10. The normalized spacial score (nSPS) is 14.0. The van der Waals surface area contributed by atoms with Crippen LogP contribution < -0.4 is 0 Å². The second-order valence-electron chi connectivity index (χ2n) is 3.56. The number of rotatable bonds is 6. The van der Waals surface area contributed by atoms with Crippen LogP contribution in [0.5, 0.6) is 0 Å². The van der Waals surface area contributed by atoms with Gasteiger partial charge in [-0.3, -0.25) is 9.00 Å². The van der Waals surface area contributed by atoms with Crippen molar-refractivity contribution in [1.29, 1.82) is 0 Å². The van der Waals surface area contributed by atoms with E-state index in [1.165, 1.54) is 0 Å². The lowest BCUT2D eigenvalue weighted by molar-refractivity contribution is -0.141. The molecule has 0 heterocycles. The third-order valence-electron chi connectivity index (χ3n) is 2.05. The molecular weight excluding hydrogens is 304 g/mol. The van der Waals surface area contributed by atoms with E-state index in [0.717, 1.165) is 5.56 Å². The third kappa shape index (κ3) is 5.98. The molecule has 1 aromatic carbocycles. The molecule has 0 aliphatic carbocycles. The highest BCUT2D eigenvalue weighted by molar-refractivity contribution is 9.10. The van der Waals surface area contributed by atoms with Crippen LogP contribution >= 0.6 is 15.9 Å². The lowest BCUT2D eigenvalue weighted by Gasteiger charge is -2.06. The summed E-state index contributed by atoms with van der Waals surface area (Å²) in [6, 6.07) is 9.62. The Morgan fingerprint density at radius 2 is 2.06 bits per heavy atom. The molecule has 0 saturated carbocycles. The van der Waals surface area contributed by atoms with Gasteiger partial charge in [-0.1, -0.05) is 46.3 Å². The summed E-state index contributed by atoms with van der Waals surface area (Å²) in [5.41, 5.74) is 1.03. The number of benzene rings is 1. The number of carbonyl (C=O) groups excluding carboxylic acids is 1. The van der Waals surface area contributed by atoms with E-state index in [4.69, 9.17) is 4.74 Å². The van der Waals surface area contributed by atoms with Gasteiger partial charge in [-0.2, -0.15) is 0 Å². The van der Waals surface area contributed by atoms with Gasteiger partial charge in [-0.25, -0.2) is 0 Å². The molecule has 1 rings (SSSR count). The lowest BCUT2D eigenvalue weighted by Crippen LogP contribution is -2.18. The van der Waals surface area contributed by atoms with Crippen molar-refractivity contribution in [2.75, 3.05) is 12.4 Å². The maximum Gasteiger partial charge on any atom is 0.319 e. The van der Waals surface area contributed by atoms with E-state index in [2.05, 4.69) is 15.9 Å². The number of hydrogen-bond acceptors (Lipinski definition) is 3. The minimum Gasteiger partial charge on any atom is -0.464 e. The highest BCUT2D eigenvalue weighted by atomic mass is 79.9. The van der Waals surface area contributed by atoms with Crippen molar-refractivity contribution in [3.63, 3.8) is 0 Å². The SMILES string of the molecule is CC(Br)C(=O)OCCS(=O)Cc1ccccc1. The van der Waals surface area contributed by atoms with Crippen LogP contribution in [0.3, 0.4) is 0 Å². The quantitative estimate of drug-likeness (QED) is 0.597.